The van der Waals surface area contributed by atoms with Gasteiger partial charge in [-0.1, -0.05) is 36.4 Å². The molecule has 0 aliphatic carbocycles. The summed E-state index contributed by atoms with van der Waals surface area (Å²) in [5.41, 5.74) is 2.99. The molecule has 1 unspecified atom stereocenters. The summed E-state index contributed by atoms with van der Waals surface area (Å²) in [4.78, 5) is 24.5. The van der Waals surface area contributed by atoms with Gasteiger partial charge in [0.2, 0.25) is 0 Å². The number of carbonyl (C=O) groups is 1. The summed E-state index contributed by atoms with van der Waals surface area (Å²) in [5, 5.41) is 11.6. The zero-order valence-electron chi connectivity index (χ0n) is 15.0. The highest BCUT2D eigenvalue weighted by atomic mass is 19.1. The Labute approximate surface area is 161 Å². The maximum atomic E-state index is 13.5. The van der Waals surface area contributed by atoms with Crippen molar-refractivity contribution in [2.45, 2.75) is 31.0 Å². The van der Waals surface area contributed by atoms with Crippen molar-refractivity contribution in [2.75, 3.05) is 6.54 Å². The second-order valence-electron chi connectivity index (χ2n) is 7.00. The lowest BCUT2D eigenvalue weighted by Gasteiger charge is -2.42. The van der Waals surface area contributed by atoms with Crippen molar-refractivity contribution in [3.8, 4) is 0 Å². The highest BCUT2D eigenvalue weighted by molar-refractivity contribution is 5.57. The van der Waals surface area contributed by atoms with Gasteiger partial charge in [0, 0.05) is 13.0 Å². The van der Waals surface area contributed by atoms with Gasteiger partial charge in [0.25, 0.3) is 5.70 Å². The fraction of sp³-hybridized carbons (Fsp3) is 0.286. The molecule has 0 radical (unpaired) electrons. The molecule has 7 heteroatoms. The molecule has 2 aliphatic rings. The summed E-state index contributed by atoms with van der Waals surface area (Å²) in [6.07, 6.45) is 1.98. The lowest BCUT2D eigenvalue weighted by atomic mass is 9.85. The molecule has 0 amide bonds. The minimum Gasteiger partial charge on any atom is -0.484 e. The fourth-order valence-corrected chi connectivity index (χ4v) is 4.13. The lowest BCUT2D eigenvalue weighted by Crippen LogP contribution is -2.48. The summed E-state index contributed by atoms with van der Waals surface area (Å²) >= 11 is 0. The number of ether oxygens (including phenoxy) is 1. The van der Waals surface area contributed by atoms with Crippen LogP contribution in [0.25, 0.3) is 0 Å². The van der Waals surface area contributed by atoms with Crippen molar-refractivity contribution in [2.24, 2.45) is 0 Å². The topological polar surface area (TPSA) is 72.7 Å². The van der Waals surface area contributed by atoms with E-state index in [-0.39, 0.29) is 24.0 Å². The van der Waals surface area contributed by atoms with Crippen molar-refractivity contribution < 1.29 is 18.8 Å². The van der Waals surface area contributed by atoms with Crippen molar-refractivity contribution in [1.29, 1.82) is 0 Å². The Kier molecular flexibility index (Phi) is 4.92. The molecule has 6 nitrogen and oxygen atoms in total. The molecule has 0 saturated heterocycles. The van der Waals surface area contributed by atoms with E-state index < -0.39 is 17.1 Å². The van der Waals surface area contributed by atoms with Gasteiger partial charge in [-0.2, -0.15) is 0 Å². The number of hydrogen-bond acceptors (Lipinski definition) is 5. The van der Waals surface area contributed by atoms with Crippen molar-refractivity contribution in [1.82, 2.24) is 4.90 Å². The second kappa shape index (κ2) is 7.52. The maximum absolute atomic E-state index is 13.5. The van der Waals surface area contributed by atoms with Crippen LogP contribution in [0, 0.1) is 15.9 Å². The Morgan fingerprint density at radius 2 is 1.93 bits per heavy atom. The van der Waals surface area contributed by atoms with Crippen LogP contribution in [0.2, 0.25) is 0 Å². The van der Waals surface area contributed by atoms with Crippen LogP contribution in [0.1, 0.15) is 29.2 Å². The first-order valence-corrected chi connectivity index (χ1v) is 9.12. The van der Waals surface area contributed by atoms with E-state index in [4.69, 9.17) is 4.74 Å². The van der Waals surface area contributed by atoms with Crippen LogP contribution < -0.4 is 0 Å². The van der Waals surface area contributed by atoms with Crippen molar-refractivity contribution in [3.63, 3.8) is 0 Å². The second-order valence-corrected chi connectivity index (χ2v) is 7.00. The summed E-state index contributed by atoms with van der Waals surface area (Å²) in [6.45, 7) is 0.584. The predicted molar refractivity (Wildman–Crippen MR) is 99.5 cm³/mol. The SMILES string of the molecule is O=C[C@@H]1CC(N2CCc3ccccc3[C@@H]2c2ccc(F)cc2)C([N+](=O)[O-])=CO1. The van der Waals surface area contributed by atoms with E-state index in [1.165, 1.54) is 17.7 Å². The number of hydrogen-bond donors (Lipinski definition) is 0. The van der Waals surface area contributed by atoms with Crippen LogP contribution in [0.15, 0.2) is 60.5 Å². The molecule has 0 fully saturated rings. The first-order chi connectivity index (χ1) is 13.6. The molecular weight excluding hydrogens is 363 g/mol. The molecule has 2 aromatic rings. The van der Waals surface area contributed by atoms with Gasteiger partial charge in [0.15, 0.2) is 18.7 Å². The van der Waals surface area contributed by atoms with E-state index in [0.717, 1.165) is 23.8 Å². The van der Waals surface area contributed by atoms with Crippen molar-refractivity contribution in [3.05, 3.63) is 93.1 Å². The van der Waals surface area contributed by atoms with Gasteiger partial charge >= 0.3 is 0 Å². The zero-order valence-corrected chi connectivity index (χ0v) is 15.0. The number of nitro groups is 1. The highest BCUT2D eigenvalue weighted by Crippen LogP contribution is 2.39. The average molecular weight is 382 g/mol. The summed E-state index contributed by atoms with van der Waals surface area (Å²) < 4.78 is 18.7. The Morgan fingerprint density at radius 3 is 2.64 bits per heavy atom. The highest BCUT2D eigenvalue weighted by Gasteiger charge is 2.42. The standard InChI is InChI=1S/C21H19FN2O4/c22-16-7-5-15(6-8-16)21-18-4-2-1-3-14(18)9-10-23(21)19-11-17(12-25)28-13-20(19)24(26)27/h1-8,12-13,17,19,21H,9-11H2/t17-,19?,21-/m0/s1. The maximum Gasteiger partial charge on any atom is 0.297 e. The van der Waals surface area contributed by atoms with Gasteiger partial charge in [-0.25, -0.2) is 4.39 Å². The van der Waals surface area contributed by atoms with Gasteiger partial charge in [-0.05, 0) is 35.2 Å². The van der Waals surface area contributed by atoms with E-state index in [9.17, 15) is 19.3 Å². The largest absolute Gasteiger partial charge is 0.484 e. The molecule has 4 rings (SSSR count). The third-order valence-corrected chi connectivity index (χ3v) is 5.43. The van der Waals surface area contributed by atoms with Crippen LogP contribution in [0.3, 0.4) is 0 Å². The molecule has 0 N–H and O–H groups in total. The third kappa shape index (κ3) is 3.29. The number of nitrogens with zero attached hydrogens (tertiary/aromatic N) is 2. The summed E-state index contributed by atoms with van der Waals surface area (Å²) in [5.74, 6) is -0.336. The summed E-state index contributed by atoms with van der Waals surface area (Å²) in [7, 11) is 0. The van der Waals surface area contributed by atoms with E-state index in [2.05, 4.69) is 0 Å². The molecule has 28 heavy (non-hydrogen) atoms. The predicted octanol–water partition coefficient (Wildman–Crippen LogP) is 3.25. The van der Waals surface area contributed by atoms with Crippen LogP contribution in [-0.4, -0.2) is 34.8 Å². The molecule has 144 valence electrons. The summed E-state index contributed by atoms with van der Waals surface area (Å²) in [6, 6.07) is 13.3. The van der Waals surface area contributed by atoms with E-state index in [1.54, 1.807) is 12.1 Å². The lowest BCUT2D eigenvalue weighted by molar-refractivity contribution is -0.438. The third-order valence-electron chi connectivity index (χ3n) is 5.43. The minimum atomic E-state index is -0.722. The van der Waals surface area contributed by atoms with E-state index in [0.29, 0.717) is 12.8 Å². The Balaban J connectivity index is 1.81. The monoisotopic (exact) mass is 382 g/mol. The van der Waals surface area contributed by atoms with Gasteiger partial charge in [0.1, 0.15) is 11.9 Å². The molecular formula is C21H19FN2O4. The minimum absolute atomic E-state index is 0.0652. The Bertz CT molecular complexity index is 928. The first-order valence-electron chi connectivity index (χ1n) is 9.12. The van der Waals surface area contributed by atoms with Gasteiger partial charge in [-0.3, -0.25) is 19.8 Å². The normalized spacial score (nSPS) is 24.6. The van der Waals surface area contributed by atoms with Crippen LogP contribution in [0.4, 0.5) is 4.39 Å². The average Bonchev–Trinajstić information content (AvgIpc) is 2.73. The first kappa shape index (κ1) is 18.3. The van der Waals surface area contributed by atoms with Gasteiger partial charge in [-0.15, -0.1) is 0 Å². The molecule has 2 heterocycles. The fourth-order valence-electron chi connectivity index (χ4n) is 4.13. The Morgan fingerprint density at radius 1 is 1.18 bits per heavy atom. The molecule has 0 spiro atoms. The molecule has 0 bridgehead atoms. The number of rotatable bonds is 4. The smallest absolute Gasteiger partial charge is 0.297 e. The quantitative estimate of drug-likeness (QED) is 0.461. The molecule has 2 aliphatic heterocycles. The number of benzene rings is 2. The van der Waals surface area contributed by atoms with E-state index in [1.807, 2.05) is 29.2 Å². The number of fused-ring (bicyclic) bond motifs is 1. The number of carbonyl (C=O) groups excluding carboxylic acids is 1. The van der Waals surface area contributed by atoms with Crippen LogP contribution in [-0.2, 0) is 16.0 Å². The molecule has 0 aromatic heterocycles. The van der Waals surface area contributed by atoms with Crippen LogP contribution >= 0.6 is 0 Å². The van der Waals surface area contributed by atoms with Gasteiger partial charge in [0.05, 0.1) is 11.0 Å². The van der Waals surface area contributed by atoms with Crippen molar-refractivity contribution >= 4 is 6.29 Å². The van der Waals surface area contributed by atoms with Crippen LogP contribution in [0.5, 0.6) is 0 Å². The molecule has 2 aromatic carbocycles. The zero-order chi connectivity index (χ0) is 19.7. The molecule has 0 saturated carbocycles. The molecule has 3 atom stereocenters. The van der Waals surface area contributed by atoms with Gasteiger partial charge < -0.3 is 4.74 Å². The Hall–Kier alpha value is -3.06. The number of halogens is 1. The number of aldehydes is 1. The van der Waals surface area contributed by atoms with E-state index >= 15 is 0 Å².